The third-order valence-corrected chi connectivity index (χ3v) is 7.88. The molecule has 3 aromatic carbocycles. The lowest BCUT2D eigenvalue weighted by Crippen LogP contribution is -2.49. The highest BCUT2D eigenvalue weighted by atomic mass is 16.5. The molecule has 0 spiro atoms. The first-order valence-corrected chi connectivity index (χ1v) is 13.6. The van der Waals surface area contributed by atoms with E-state index in [0.29, 0.717) is 17.9 Å². The van der Waals surface area contributed by atoms with Gasteiger partial charge in [-0.05, 0) is 88.8 Å². The molecule has 40 heavy (non-hydrogen) atoms. The van der Waals surface area contributed by atoms with E-state index >= 15 is 0 Å². The van der Waals surface area contributed by atoms with Crippen LogP contribution in [0.25, 0.3) is 10.9 Å². The van der Waals surface area contributed by atoms with Crippen LogP contribution in [0.5, 0.6) is 5.75 Å². The number of hydrogen-bond acceptors (Lipinski definition) is 7. The van der Waals surface area contributed by atoms with Crippen molar-refractivity contribution < 1.29 is 4.74 Å². The lowest BCUT2D eigenvalue weighted by Gasteiger charge is -2.39. The number of rotatable bonds is 7. The number of aromatic amines is 1. The molecule has 0 radical (unpaired) electrons. The number of pyridine rings is 1. The number of tetrazole rings is 1. The summed E-state index contributed by atoms with van der Waals surface area (Å²) in [6.07, 6.45) is 0. The van der Waals surface area contributed by atoms with Crippen molar-refractivity contribution in [2.24, 2.45) is 0 Å². The summed E-state index contributed by atoms with van der Waals surface area (Å²) in [5.74, 6) is 1.50. The van der Waals surface area contributed by atoms with Crippen LogP contribution in [0.1, 0.15) is 34.1 Å². The lowest BCUT2D eigenvalue weighted by atomic mass is 10.00. The number of H-pyrrole nitrogens is 1. The first kappa shape index (κ1) is 25.8. The summed E-state index contributed by atoms with van der Waals surface area (Å²) < 4.78 is 7.14. The lowest BCUT2D eigenvalue weighted by molar-refractivity contribution is 0.200. The van der Waals surface area contributed by atoms with Gasteiger partial charge in [-0.25, -0.2) is 4.68 Å². The van der Waals surface area contributed by atoms with Crippen LogP contribution in [0, 0.1) is 13.8 Å². The van der Waals surface area contributed by atoms with Crippen molar-refractivity contribution in [3.63, 3.8) is 0 Å². The fraction of sp³-hybridized carbons (Fsp3) is 0.290. The van der Waals surface area contributed by atoms with E-state index in [-0.39, 0.29) is 5.56 Å². The molecule has 2 aromatic heterocycles. The number of benzene rings is 3. The number of fused-ring (bicyclic) bond motifs is 1. The van der Waals surface area contributed by atoms with E-state index in [2.05, 4.69) is 74.5 Å². The van der Waals surface area contributed by atoms with Crippen LogP contribution in [0.4, 0.5) is 5.69 Å². The first-order chi connectivity index (χ1) is 19.5. The number of hydrogen-bond donors (Lipinski definition) is 1. The van der Waals surface area contributed by atoms with Gasteiger partial charge < -0.3 is 14.6 Å². The number of aryl methyl sites for hydroxylation is 2. The SMILES string of the molecule is COc1ccc(N2CCN([C@@H](c3cc4cc(C)c(C)cc4[nH]c3=O)c3nnnn3Cc3ccccc3)CC2)cc1. The van der Waals surface area contributed by atoms with Crippen molar-refractivity contribution in [3.8, 4) is 5.75 Å². The molecule has 1 aliphatic heterocycles. The second-order valence-corrected chi connectivity index (χ2v) is 10.4. The molecule has 1 N–H and O–H groups in total. The number of nitrogens with zero attached hydrogens (tertiary/aromatic N) is 6. The normalized spacial score (nSPS) is 14.9. The summed E-state index contributed by atoms with van der Waals surface area (Å²) in [4.78, 5) is 21.5. The molecule has 1 atom stereocenters. The summed E-state index contributed by atoms with van der Waals surface area (Å²) in [6.45, 7) is 7.80. The summed E-state index contributed by atoms with van der Waals surface area (Å²) >= 11 is 0. The van der Waals surface area contributed by atoms with E-state index in [9.17, 15) is 4.79 Å². The second kappa shape index (κ2) is 10.9. The van der Waals surface area contributed by atoms with Gasteiger partial charge in [0.25, 0.3) is 5.56 Å². The molecule has 9 heteroatoms. The molecular formula is C31H33N7O2. The Morgan fingerprint density at radius 1 is 0.925 bits per heavy atom. The van der Waals surface area contributed by atoms with Crippen molar-refractivity contribution in [1.29, 1.82) is 0 Å². The van der Waals surface area contributed by atoms with Crippen LogP contribution in [0.15, 0.2) is 77.6 Å². The monoisotopic (exact) mass is 535 g/mol. The number of methoxy groups -OCH3 is 1. The minimum atomic E-state index is -0.397. The van der Waals surface area contributed by atoms with Crippen molar-refractivity contribution in [2.45, 2.75) is 26.4 Å². The molecule has 0 aliphatic carbocycles. The maximum atomic E-state index is 13.6. The Labute approximate surface area is 233 Å². The highest BCUT2D eigenvalue weighted by Crippen LogP contribution is 2.30. The molecule has 0 bridgehead atoms. The van der Waals surface area contributed by atoms with Crippen molar-refractivity contribution in [1.82, 2.24) is 30.1 Å². The van der Waals surface area contributed by atoms with Gasteiger partial charge in [0.2, 0.25) is 0 Å². The van der Waals surface area contributed by atoms with Crippen molar-refractivity contribution in [2.75, 3.05) is 38.2 Å². The van der Waals surface area contributed by atoms with Crippen LogP contribution < -0.4 is 15.2 Å². The largest absolute Gasteiger partial charge is 0.497 e. The third kappa shape index (κ3) is 5.08. The fourth-order valence-electron chi connectivity index (χ4n) is 5.50. The second-order valence-electron chi connectivity index (χ2n) is 10.4. The number of nitrogens with one attached hydrogen (secondary N) is 1. The van der Waals surface area contributed by atoms with E-state index in [1.54, 1.807) is 7.11 Å². The Kier molecular flexibility index (Phi) is 7.04. The van der Waals surface area contributed by atoms with Gasteiger partial charge in [0.15, 0.2) is 5.82 Å². The van der Waals surface area contributed by atoms with E-state index in [0.717, 1.165) is 59.6 Å². The fourth-order valence-corrected chi connectivity index (χ4v) is 5.50. The molecule has 1 fully saturated rings. The van der Waals surface area contributed by atoms with Crippen LogP contribution in [0.3, 0.4) is 0 Å². The maximum Gasteiger partial charge on any atom is 0.253 e. The zero-order valence-electron chi connectivity index (χ0n) is 23.0. The van der Waals surface area contributed by atoms with Gasteiger partial charge in [0.05, 0.1) is 13.7 Å². The van der Waals surface area contributed by atoms with Crippen LogP contribution in [-0.4, -0.2) is 63.4 Å². The Bertz CT molecular complexity index is 1670. The standard InChI is InChI=1S/C31H33N7O2/c1-21-17-24-19-27(31(39)32-28(24)18-22(21)2)29(30-33-34-35-38(30)20-23-7-5-4-6-8-23)37-15-13-36(14-16-37)25-9-11-26(40-3)12-10-25/h4-12,17-19,29H,13-16,20H2,1-3H3,(H,32,39)/t29-/m0/s1. The number of aromatic nitrogens is 5. The van der Waals surface area contributed by atoms with Crippen molar-refractivity contribution in [3.05, 3.63) is 111 Å². The van der Waals surface area contributed by atoms with Gasteiger partial charge in [0.1, 0.15) is 11.8 Å². The van der Waals surface area contributed by atoms with Crippen LogP contribution >= 0.6 is 0 Å². The third-order valence-electron chi connectivity index (χ3n) is 7.88. The highest BCUT2D eigenvalue weighted by Gasteiger charge is 2.33. The van der Waals surface area contributed by atoms with E-state index in [1.165, 1.54) is 5.56 Å². The van der Waals surface area contributed by atoms with Gasteiger partial charge in [-0.2, -0.15) is 0 Å². The minimum absolute atomic E-state index is 0.118. The molecule has 1 saturated heterocycles. The molecule has 6 rings (SSSR count). The minimum Gasteiger partial charge on any atom is -0.497 e. The number of piperazine rings is 1. The van der Waals surface area contributed by atoms with Crippen molar-refractivity contribution >= 4 is 16.6 Å². The Hall–Kier alpha value is -4.50. The van der Waals surface area contributed by atoms with Gasteiger partial charge in [-0.3, -0.25) is 9.69 Å². The molecule has 3 heterocycles. The van der Waals surface area contributed by atoms with E-state index < -0.39 is 6.04 Å². The summed E-state index contributed by atoms with van der Waals surface area (Å²) in [6, 6.07) is 24.1. The van der Waals surface area contributed by atoms with E-state index in [1.807, 2.05) is 47.1 Å². The Morgan fingerprint density at radius 3 is 2.38 bits per heavy atom. The van der Waals surface area contributed by atoms with E-state index in [4.69, 9.17) is 4.74 Å². The van der Waals surface area contributed by atoms with Crippen LogP contribution in [-0.2, 0) is 6.54 Å². The zero-order chi connectivity index (χ0) is 27.6. The molecule has 0 saturated carbocycles. The molecule has 0 amide bonds. The molecule has 204 valence electrons. The number of ether oxygens (including phenoxy) is 1. The van der Waals surface area contributed by atoms with Gasteiger partial charge in [-0.1, -0.05) is 30.3 Å². The predicted molar refractivity (Wildman–Crippen MR) is 156 cm³/mol. The average Bonchev–Trinajstić information content (AvgIpc) is 3.43. The molecule has 0 unspecified atom stereocenters. The molecule has 9 nitrogen and oxygen atoms in total. The summed E-state index contributed by atoms with van der Waals surface area (Å²) in [5, 5.41) is 13.9. The zero-order valence-corrected chi connectivity index (χ0v) is 23.0. The molecule has 5 aromatic rings. The highest BCUT2D eigenvalue weighted by molar-refractivity contribution is 5.81. The summed E-state index contributed by atoms with van der Waals surface area (Å²) in [7, 11) is 1.68. The topological polar surface area (TPSA) is 92.2 Å². The predicted octanol–water partition coefficient (Wildman–Crippen LogP) is 4.10. The Balaban J connectivity index is 1.37. The quantitative estimate of drug-likeness (QED) is 0.336. The van der Waals surface area contributed by atoms with Gasteiger partial charge in [0, 0.05) is 42.9 Å². The average molecular weight is 536 g/mol. The Morgan fingerprint density at radius 2 is 1.65 bits per heavy atom. The van der Waals surface area contributed by atoms with Gasteiger partial charge in [-0.15, -0.1) is 5.10 Å². The first-order valence-electron chi connectivity index (χ1n) is 13.6. The molecular weight excluding hydrogens is 502 g/mol. The maximum absolute atomic E-state index is 13.6. The van der Waals surface area contributed by atoms with Crippen LogP contribution in [0.2, 0.25) is 0 Å². The summed E-state index contributed by atoms with van der Waals surface area (Å²) in [5.41, 5.74) is 5.95. The van der Waals surface area contributed by atoms with Gasteiger partial charge >= 0.3 is 0 Å². The number of anilines is 1. The smallest absolute Gasteiger partial charge is 0.253 e. The molecule has 1 aliphatic rings.